The number of carbonyl (C=O) groups is 1. The van der Waals surface area contributed by atoms with Gasteiger partial charge in [0.2, 0.25) is 5.91 Å². The van der Waals surface area contributed by atoms with Crippen molar-refractivity contribution in [2.24, 2.45) is 10.9 Å². The average Bonchev–Trinajstić information content (AvgIpc) is 1.59. The van der Waals surface area contributed by atoms with E-state index >= 15 is 0 Å². The monoisotopic (exact) mass is 169 g/mol. The lowest BCUT2D eigenvalue weighted by Crippen LogP contribution is -2.34. The summed E-state index contributed by atoms with van der Waals surface area (Å²) in [6.07, 6.45) is 0. The van der Waals surface area contributed by atoms with Gasteiger partial charge in [-0.1, -0.05) is 4.89 Å². The van der Waals surface area contributed by atoms with Crippen LogP contribution in [0, 0.1) is 0 Å². The Labute approximate surface area is 57.5 Å². The van der Waals surface area contributed by atoms with Gasteiger partial charge in [0.25, 0.3) is 10.2 Å². The van der Waals surface area contributed by atoms with Gasteiger partial charge in [-0.05, 0) is 0 Å². The Morgan fingerprint density at radius 3 is 2.40 bits per heavy atom. The molecule has 5 N–H and O–H groups in total. The molecule has 60 valence electrons. The summed E-state index contributed by atoms with van der Waals surface area (Å²) >= 11 is 0. The van der Waals surface area contributed by atoms with Crippen LogP contribution in [0.1, 0.15) is 0 Å². The molecule has 8 heteroatoms. The van der Waals surface area contributed by atoms with E-state index in [4.69, 9.17) is 0 Å². The third-order valence-electron chi connectivity index (χ3n) is 0.390. The van der Waals surface area contributed by atoms with Crippen molar-refractivity contribution in [3.63, 3.8) is 0 Å². The quantitative estimate of drug-likeness (QED) is 0.393. The van der Waals surface area contributed by atoms with Crippen molar-refractivity contribution < 1.29 is 18.0 Å². The molecule has 0 saturated heterocycles. The van der Waals surface area contributed by atoms with Gasteiger partial charge in [-0.15, -0.1) is 0 Å². The Bertz CT molecular complexity index is 209. The van der Waals surface area contributed by atoms with Gasteiger partial charge in [-0.2, -0.15) is 8.42 Å². The van der Waals surface area contributed by atoms with E-state index in [1.54, 1.807) is 0 Å². The standard InChI is InChI=1S/C2H7N3O4S/c3-2(6)1-9-5-10(4,7)8/h5H,1H2,(H2,3,6)(H2,4,7,8). The molecule has 0 aliphatic rings. The Morgan fingerprint density at radius 2 is 2.10 bits per heavy atom. The third kappa shape index (κ3) is 7.30. The van der Waals surface area contributed by atoms with E-state index in [-0.39, 0.29) is 0 Å². The van der Waals surface area contributed by atoms with Gasteiger partial charge in [0.15, 0.2) is 0 Å². The number of hydrogen-bond donors (Lipinski definition) is 3. The molecule has 0 bridgehead atoms. The smallest absolute Gasteiger partial charge is 0.296 e. The molecule has 0 aliphatic carbocycles. The summed E-state index contributed by atoms with van der Waals surface area (Å²) in [5.41, 5.74) is 4.58. The molecule has 0 aromatic carbocycles. The van der Waals surface area contributed by atoms with Crippen LogP contribution < -0.4 is 15.8 Å². The van der Waals surface area contributed by atoms with E-state index in [1.165, 1.54) is 4.89 Å². The second-order valence-electron chi connectivity index (χ2n) is 1.38. The molecule has 0 saturated carbocycles. The Morgan fingerprint density at radius 1 is 1.60 bits per heavy atom. The zero-order valence-electron chi connectivity index (χ0n) is 4.90. The van der Waals surface area contributed by atoms with Gasteiger partial charge < -0.3 is 5.73 Å². The van der Waals surface area contributed by atoms with Crippen LogP contribution in [0.15, 0.2) is 0 Å². The first-order chi connectivity index (χ1) is 4.42. The Kier molecular flexibility index (Phi) is 3.22. The molecular formula is C2H7N3O4S. The van der Waals surface area contributed by atoms with E-state index < -0.39 is 22.7 Å². The number of rotatable bonds is 4. The fourth-order valence-corrected chi connectivity index (χ4v) is 0.406. The Hall–Kier alpha value is -0.700. The molecule has 10 heavy (non-hydrogen) atoms. The zero-order chi connectivity index (χ0) is 8.20. The van der Waals surface area contributed by atoms with Crippen molar-refractivity contribution in [3.8, 4) is 0 Å². The molecule has 0 atom stereocenters. The van der Waals surface area contributed by atoms with Crippen LogP contribution in [0.5, 0.6) is 0 Å². The topological polar surface area (TPSA) is 125 Å². The molecule has 0 radical (unpaired) electrons. The maximum atomic E-state index is 10.0. The lowest BCUT2D eigenvalue weighted by atomic mass is 10.7. The lowest BCUT2D eigenvalue weighted by Gasteiger charge is -1.98. The summed E-state index contributed by atoms with van der Waals surface area (Å²) in [5, 5.41) is 4.41. The van der Waals surface area contributed by atoms with E-state index in [1.807, 2.05) is 0 Å². The number of nitrogens with two attached hydrogens (primary N) is 2. The predicted molar refractivity (Wildman–Crippen MR) is 31.4 cm³/mol. The summed E-state index contributed by atoms with van der Waals surface area (Å²) in [4.78, 5) is 15.3. The molecule has 0 heterocycles. The fourth-order valence-electron chi connectivity index (χ4n) is 0.183. The van der Waals surface area contributed by atoms with E-state index in [0.717, 1.165) is 0 Å². The normalized spacial score (nSPS) is 11.3. The summed E-state index contributed by atoms with van der Waals surface area (Å²) in [6, 6.07) is 0. The van der Waals surface area contributed by atoms with Crippen molar-refractivity contribution >= 4 is 16.1 Å². The van der Waals surface area contributed by atoms with Crippen LogP contribution in [0.4, 0.5) is 0 Å². The molecular weight excluding hydrogens is 162 g/mol. The minimum absolute atomic E-state index is 0.545. The van der Waals surface area contributed by atoms with Gasteiger partial charge in [-0.25, -0.2) is 5.14 Å². The van der Waals surface area contributed by atoms with Gasteiger partial charge >= 0.3 is 0 Å². The summed E-state index contributed by atoms with van der Waals surface area (Å²) in [6.45, 7) is -0.545. The lowest BCUT2D eigenvalue weighted by molar-refractivity contribution is -0.123. The SMILES string of the molecule is NC(=O)CONS(N)(=O)=O. The van der Waals surface area contributed by atoms with Crippen LogP contribution in [-0.4, -0.2) is 20.9 Å². The Balaban J connectivity index is 3.49. The summed E-state index contributed by atoms with van der Waals surface area (Å²) in [5.74, 6) is -0.795. The van der Waals surface area contributed by atoms with Crippen LogP contribution >= 0.6 is 0 Å². The van der Waals surface area contributed by atoms with Crippen LogP contribution in [0.3, 0.4) is 0 Å². The molecule has 0 spiro atoms. The maximum absolute atomic E-state index is 10.0. The first-order valence-corrected chi connectivity index (χ1v) is 3.66. The number of amides is 1. The van der Waals surface area contributed by atoms with Crippen molar-refractivity contribution in [2.45, 2.75) is 0 Å². The van der Waals surface area contributed by atoms with E-state index in [2.05, 4.69) is 15.7 Å². The molecule has 1 amide bonds. The molecule has 7 nitrogen and oxygen atoms in total. The summed E-state index contributed by atoms with van der Waals surface area (Å²) < 4.78 is 20.0. The second kappa shape index (κ2) is 3.46. The van der Waals surface area contributed by atoms with Crippen LogP contribution in [0.25, 0.3) is 0 Å². The van der Waals surface area contributed by atoms with Crippen molar-refractivity contribution in [2.75, 3.05) is 6.61 Å². The molecule has 0 unspecified atom stereocenters. The highest BCUT2D eigenvalue weighted by Crippen LogP contribution is 1.69. The van der Waals surface area contributed by atoms with Crippen LogP contribution in [-0.2, 0) is 19.8 Å². The van der Waals surface area contributed by atoms with Gasteiger partial charge in [-0.3, -0.25) is 9.63 Å². The number of primary amides is 1. The highest BCUT2D eigenvalue weighted by molar-refractivity contribution is 7.87. The third-order valence-corrected chi connectivity index (χ3v) is 0.740. The van der Waals surface area contributed by atoms with Crippen molar-refractivity contribution in [1.82, 2.24) is 4.89 Å². The molecule has 0 fully saturated rings. The van der Waals surface area contributed by atoms with Crippen LogP contribution in [0.2, 0.25) is 0 Å². The molecule has 0 aromatic rings. The molecule has 0 rings (SSSR count). The number of hydrogen-bond acceptors (Lipinski definition) is 4. The first kappa shape index (κ1) is 9.30. The average molecular weight is 169 g/mol. The second-order valence-corrected chi connectivity index (χ2v) is 2.64. The highest BCUT2D eigenvalue weighted by Gasteiger charge is 2.00. The largest absolute Gasteiger partial charge is 0.368 e. The van der Waals surface area contributed by atoms with E-state index in [0.29, 0.717) is 0 Å². The first-order valence-electron chi connectivity index (χ1n) is 2.11. The van der Waals surface area contributed by atoms with Gasteiger partial charge in [0.1, 0.15) is 6.61 Å². The zero-order valence-corrected chi connectivity index (χ0v) is 5.72. The fraction of sp³-hybridized carbons (Fsp3) is 0.500. The minimum atomic E-state index is -3.90. The van der Waals surface area contributed by atoms with Crippen molar-refractivity contribution in [1.29, 1.82) is 0 Å². The summed E-state index contributed by atoms with van der Waals surface area (Å²) in [7, 11) is -3.90. The van der Waals surface area contributed by atoms with Gasteiger partial charge in [0, 0.05) is 0 Å². The predicted octanol–water partition coefficient (Wildman–Crippen LogP) is -2.80. The molecule has 0 aliphatic heterocycles. The van der Waals surface area contributed by atoms with Gasteiger partial charge in [0.05, 0.1) is 0 Å². The van der Waals surface area contributed by atoms with Crippen molar-refractivity contribution in [3.05, 3.63) is 0 Å². The molecule has 0 aromatic heterocycles. The minimum Gasteiger partial charge on any atom is -0.368 e. The maximum Gasteiger partial charge on any atom is 0.296 e. The highest BCUT2D eigenvalue weighted by atomic mass is 32.2. The number of carbonyl (C=O) groups excluding carboxylic acids is 1. The number of nitrogens with one attached hydrogen (secondary N) is 1. The van der Waals surface area contributed by atoms with E-state index in [9.17, 15) is 13.2 Å².